The Hall–Kier alpha value is -7.74. The molecule has 30 nitrogen and oxygen atoms in total. The lowest BCUT2D eigenvalue weighted by Gasteiger charge is -2.41. The van der Waals surface area contributed by atoms with Gasteiger partial charge in [0.05, 0.1) is 72.9 Å². The molecular formula is C85H114F12O30S4-4. The van der Waals surface area contributed by atoms with E-state index in [4.69, 9.17) is 29.2 Å². The van der Waals surface area contributed by atoms with E-state index in [0.29, 0.717) is 38.5 Å². The van der Waals surface area contributed by atoms with Gasteiger partial charge in [0.1, 0.15) is 25.4 Å². The first kappa shape index (κ1) is 117. The van der Waals surface area contributed by atoms with Crippen molar-refractivity contribution in [2.45, 2.75) is 272 Å². The van der Waals surface area contributed by atoms with Crippen LogP contribution in [0.3, 0.4) is 0 Å². The van der Waals surface area contributed by atoms with E-state index in [-0.39, 0.29) is 18.3 Å². The summed E-state index contributed by atoms with van der Waals surface area (Å²) >= 11 is 0. The predicted octanol–water partition coefficient (Wildman–Crippen LogP) is 13.2. The zero-order valence-electron chi connectivity index (χ0n) is 73.9. The van der Waals surface area contributed by atoms with Gasteiger partial charge in [-0.2, -0.15) is 35.1 Å². The van der Waals surface area contributed by atoms with Gasteiger partial charge in [0, 0.05) is 63.7 Å². The number of ether oxygens (including phenoxy) is 8. The van der Waals surface area contributed by atoms with Crippen LogP contribution in [0.15, 0.2) is 109 Å². The van der Waals surface area contributed by atoms with Gasteiger partial charge in [-0.05, 0) is 128 Å². The van der Waals surface area contributed by atoms with Crippen molar-refractivity contribution >= 4 is 109 Å². The summed E-state index contributed by atoms with van der Waals surface area (Å²) in [7, 11) is -24.5. The molecule has 14 atom stereocenters. The van der Waals surface area contributed by atoms with Crippen molar-refractivity contribution in [3.8, 4) is 0 Å². The molecule has 10 rings (SSSR count). The number of aliphatic hydroxyl groups is 4. The number of alkyl halides is 12. The molecule has 5 aliphatic rings. The first-order valence-corrected chi connectivity index (χ1v) is 47.3. The van der Waals surface area contributed by atoms with Crippen molar-refractivity contribution in [1.29, 1.82) is 0 Å². The van der Waals surface area contributed by atoms with Crippen LogP contribution in [0.1, 0.15) is 179 Å². The van der Waals surface area contributed by atoms with E-state index in [1.165, 1.54) is 32.3 Å². The van der Waals surface area contributed by atoms with Gasteiger partial charge in [-0.3, -0.25) is 19.2 Å². The Morgan fingerprint density at radius 1 is 0.420 bits per heavy atom. The van der Waals surface area contributed by atoms with E-state index in [2.05, 4.69) is 128 Å². The molecule has 46 heteroatoms. The number of benzene rings is 5. The normalized spacial score (nSPS) is 21.1. The zero-order valence-corrected chi connectivity index (χ0v) is 77.2. The summed E-state index contributed by atoms with van der Waals surface area (Å²) in [6, 6.07) is 38.1. The summed E-state index contributed by atoms with van der Waals surface area (Å²) in [5.41, 5.74) is -3.03. The molecule has 4 bridgehead atoms. The highest BCUT2D eigenvalue weighted by molar-refractivity contribution is 7.87. The summed E-state index contributed by atoms with van der Waals surface area (Å²) in [5, 5.41) is 27.8. The molecule has 2 heterocycles. The Morgan fingerprint density at radius 2 is 0.718 bits per heavy atom. The van der Waals surface area contributed by atoms with Crippen LogP contribution in [0.2, 0.25) is 0 Å². The van der Waals surface area contributed by atoms with Crippen LogP contribution < -0.4 is 0 Å². The molecule has 2 aliphatic heterocycles. The van der Waals surface area contributed by atoms with Gasteiger partial charge in [0.25, 0.3) is 0 Å². The number of hydrogen-bond donors (Lipinski definition) is 4. The smallest absolute Gasteiger partial charge is 0.364 e. The van der Waals surface area contributed by atoms with Crippen LogP contribution in [0.5, 0.6) is 0 Å². The number of fused-ring (bicyclic) bond motifs is 6. The first-order chi connectivity index (χ1) is 60.4. The van der Waals surface area contributed by atoms with Crippen LogP contribution in [-0.4, -0.2) is 240 Å². The number of rotatable bonds is 36. The third-order valence-corrected chi connectivity index (χ3v) is 27.0. The number of carbonyl (C=O) groups excluding carboxylic acids is 6. The summed E-state index contributed by atoms with van der Waals surface area (Å²) in [6.45, 7) is 16.3. The summed E-state index contributed by atoms with van der Waals surface area (Å²) in [5.74, 6) is -6.62. The van der Waals surface area contributed by atoms with Crippen LogP contribution >= 0.6 is 0 Å². The minimum Gasteiger partial charge on any atom is -0.743 e. The first-order valence-electron chi connectivity index (χ1n) is 41.7. The Bertz CT molecular complexity index is 4730. The SMILES string of the molecule is CC(=O)OCCC(F)C(F)(F)S(=O)(=O)[O-].CC(=O)OCCC(F)C(F)(F)S(=O)(=O)[O-].CCC(C)(O)CC.CCC(C)(O)CC.CCC(O)(CC)C1C2CC3C(OC(=O)C31)C2OCC(=O)OCCC(F)C(F)(F)S(=O)(=O)[O-].CCC(O)(CC)C1CC(OCC(=O)OCCC(F)C(F)(F)S(=O)(=O)[O-])C2CC1C(=O)O2.c1ccc2cc3ccccc3cc2c1.c1ccc2ccccc2c1. The van der Waals surface area contributed by atoms with Crippen molar-refractivity contribution in [3.63, 3.8) is 0 Å². The second-order valence-corrected chi connectivity index (χ2v) is 37.7. The second-order valence-electron chi connectivity index (χ2n) is 31.9. The topological polar surface area (TPSA) is 486 Å². The van der Waals surface area contributed by atoms with Gasteiger partial charge in [0.15, 0.2) is 65.2 Å². The lowest BCUT2D eigenvalue weighted by Crippen LogP contribution is -2.50. The molecule has 0 aromatic heterocycles. The highest BCUT2D eigenvalue weighted by Gasteiger charge is 2.70. The standard InChI is InChI=1S/C19H27F3O9S.C18H27F3O9S.C14H10.C10H8.2C6H9F3O5S.2C6H14O/c1-3-18(25,4-2)14-10-7-9-13(14)17(24)31-16(9)15(10)30-8-12(23)29-6-5-11(20)19(21,22)32(26,27)28;1-3-17(24,4-2)11-8-12(13-7-10(11)16(23)30-13)29-9-15(22)28-6-5-14(19)18(20,21)31(25,26)27;1-2-6-12-10-14-8-4-3-7-13(14)9-11(12)5-1;1-2-6-10-8-4-3-7-9(10)5-1;2*1-4(10)14-3-2-5(7)6(8,9)15(11,12)13;2*1-4-6(3,7)5-2/h9-11,13-16,25H,3-8H2,1-2H3,(H,26,27,28);10-14,24H,3-9H2,1-2H3,(H,25,26,27);1-10H;1-8H;2*5H,2-3H2,1H3,(H,11,12,13);2*7H,4-5H2,1-3H3/p-4. The number of hydrogen-bond acceptors (Lipinski definition) is 30. The molecule has 2 saturated heterocycles. The molecule has 5 aromatic rings. The maximum atomic E-state index is 13.4. The molecule has 0 amide bonds. The number of carbonyl (C=O) groups is 6. The van der Waals surface area contributed by atoms with E-state index in [9.17, 15) is 144 Å². The molecule has 5 fully saturated rings. The molecular weight excluding hydrogens is 1860 g/mol. The fourth-order valence-corrected chi connectivity index (χ4v) is 16.1. The molecule has 4 N–H and O–H groups in total. The predicted molar refractivity (Wildman–Crippen MR) is 445 cm³/mol. The Balaban J connectivity index is 0.000000409. The van der Waals surface area contributed by atoms with Gasteiger partial charge in [-0.15, -0.1) is 0 Å². The van der Waals surface area contributed by atoms with E-state index in [1.54, 1.807) is 13.8 Å². The molecule has 0 radical (unpaired) electrons. The quantitative estimate of drug-likeness (QED) is 0.00951. The average Bonchev–Trinajstić information content (AvgIpc) is 1.53. The number of halogens is 12. The average molecular weight is 1970 g/mol. The Labute approximate surface area is 752 Å². The second kappa shape index (κ2) is 50.2. The van der Waals surface area contributed by atoms with Crippen LogP contribution in [0.25, 0.3) is 32.3 Å². The molecule has 3 saturated carbocycles. The Morgan fingerprint density at radius 3 is 1.00 bits per heavy atom. The lowest BCUT2D eigenvalue weighted by molar-refractivity contribution is -0.160. The molecule has 131 heavy (non-hydrogen) atoms. The van der Waals surface area contributed by atoms with Gasteiger partial charge < -0.3 is 76.5 Å². The maximum Gasteiger partial charge on any atom is 0.364 e. The molecule has 746 valence electrons. The highest BCUT2D eigenvalue weighted by Crippen LogP contribution is 2.62. The number of esters is 6. The van der Waals surface area contributed by atoms with Crippen molar-refractivity contribution in [2.75, 3.05) is 39.6 Å². The Kier molecular flexibility index (Phi) is 45.0. The van der Waals surface area contributed by atoms with Crippen LogP contribution in [-0.2, 0) is 107 Å². The third kappa shape index (κ3) is 33.3. The molecule has 5 aromatic carbocycles. The van der Waals surface area contributed by atoms with Gasteiger partial charge in [-0.25, -0.2) is 60.8 Å². The van der Waals surface area contributed by atoms with Crippen molar-refractivity contribution in [2.24, 2.45) is 35.5 Å². The van der Waals surface area contributed by atoms with E-state index in [0.717, 1.165) is 39.5 Å². The van der Waals surface area contributed by atoms with Gasteiger partial charge in [0.2, 0.25) is 0 Å². The van der Waals surface area contributed by atoms with E-state index >= 15 is 0 Å². The van der Waals surface area contributed by atoms with Crippen LogP contribution in [0, 0.1) is 35.5 Å². The summed E-state index contributed by atoms with van der Waals surface area (Å²) in [6.07, 6.45) is -13.8. The molecule has 14 unspecified atom stereocenters. The summed E-state index contributed by atoms with van der Waals surface area (Å²) < 4.78 is 315. The molecule has 0 spiro atoms. The van der Waals surface area contributed by atoms with Crippen LogP contribution in [0.4, 0.5) is 52.7 Å². The fraction of sp³-hybridized carbons (Fsp3) is 0.647. The zero-order chi connectivity index (χ0) is 100. The largest absolute Gasteiger partial charge is 0.743 e. The fourth-order valence-electron chi connectivity index (χ4n) is 14.4. The van der Waals surface area contributed by atoms with Gasteiger partial charge >= 0.3 is 56.8 Å². The lowest BCUT2D eigenvalue weighted by atomic mass is 9.67. The third-order valence-electron chi connectivity index (χ3n) is 23.3. The van der Waals surface area contributed by atoms with E-state index < -0.39 is 258 Å². The van der Waals surface area contributed by atoms with E-state index in [1.807, 2.05) is 55.4 Å². The van der Waals surface area contributed by atoms with Crippen molar-refractivity contribution in [3.05, 3.63) is 109 Å². The summed E-state index contributed by atoms with van der Waals surface area (Å²) in [4.78, 5) is 68.5. The highest BCUT2D eigenvalue weighted by atomic mass is 32.2. The van der Waals surface area contributed by atoms with Gasteiger partial charge in [-0.1, -0.05) is 152 Å². The monoisotopic (exact) mass is 1970 g/mol. The molecule has 3 aliphatic carbocycles. The maximum absolute atomic E-state index is 13.4. The van der Waals surface area contributed by atoms with Crippen molar-refractivity contribution in [1.82, 2.24) is 0 Å². The minimum atomic E-state index is -6.20. The van der Waals surface area contributed by atoms with Crippen molar-refractivity contribution < 1.29 is 192 Å². The minimum absolute atomic E-state index is 0.133.